The fraction of sp³-hybridized carbons (Fsp3) is 0.929. The molecule has 0 amide bonds. The third kappa shape index (κ3) is 8.80. The van der Waals surface area contributed by atoms with Gasteiger partial charge in [0.25, 0.3) is 0 Å². The maximum atomic E-state index is 5.30. The van der Waals surface area contributed by atoms with E-state index in [4.69, 9.17) is 4.74 Å². The molecule has 1 unspecified atom stereocenters. The number of piperazine rings is 1. The Kier molecular flexibility index (Phi) is 12.4. The molecule has 0 aromatic heterocycles. The van der Waals surface area contributed by atoms with E-state index >= 15 is 0 Å². The first-order valence-electron chi connectivity index (χ1n) is 7.62. The van der Waals surface area contributed by atoms with Gasteiger partial charge in [0.2, 0.25) is 0 Å². The SMILES string of the molecule is CCOCCNC(=NC)NCC(C)N1CCN(C)CC1.I. The Labute approximate surface area is 146 Å². The van der Waals surface area contributed by atoms with Gasteiger partial charge in [-0.1, -0.05) is 0 Å². The number of guanidine groups is 1. The molecule has 2 N–H and O–H groups in total. The lowest BCUT2D eigenvalue weighted by molar-refractivity contribution is 0.120. The van der Waals surface area contributed by atoms with Gasteiger partial charge < -0.3 is 20.3 Å². The minimum absolute atomic E-state index is 0. The van der Waals surface area contributed by atoms with Gasteiger partial charge in [0.05, 0.1) is 6.61 Å². The quantitative estimate of drug-likeness (QED) is 0.275. The van der Waals surface area contributed by atoms with E-state index in [1.54, 1.807) is 7.05 Å². The number of rotatable bonds is 7. The molecule has 7 heteroatoms. The first-order chi connectivity index (χ1) is 9.67. The van der Waals surface area contributed by atoms with Crippen LogP contribution in [0.4, 0.5) is 0 Å². The second-order valence-electron chi connectivity index (χ2n) is 5.27. The van der Waals surface area contributed by atoms with Crippen LogP contribution >= 0.6 is 24.0 Å². The maximum Gasteiger partial charge on any atom is 0.191 e. The van der Waals surface area contributed by atoms with Crippen molar-refractivity contribution in [2.45, 2.75) is 19.9 Å². The predicted octanol–water partition coefficient (Wildman–Crippen LogP) is 0.442. The summed E-state index contributed by atoms with van der Waals surface area (Å²) in [6.07, 6.45) is 0. The van der Waals surface area contributed by atoms with Gasteiger partial charge in [-0.3, -0.25) is 9.89 Å². The largest absolute Gasteiger partial charge is 0.380 e. The van der Waals surface area contributed by atoms with Crippen molar-refractivity contribution in [3.8, 4) is 0 Å². The van der Waals surface area contributed by atoms with Crippen LogP contribution in [0.2, 0.25) is 0 Å². The molecule has 21 heavy (non-hydrogen) atoms. The summed E-state index contributed by atoms with van der Waals surface area (Å²) in [7, 11) is 3.99. The number of hydrogen-bond acceptors (Lipinski definition) is 4. The highest BCUT2D eigenvalue weighted by Crippen LogP contribution is 2.03. The Bertz CT molecular complexity index is 283. The Balaban J connectivity index is 0.00000400. The highest BCUT2D eigenvalue weighted by Gasteiger charge is 2.18. The van der Waals surface area contributed by atoms with E-state index in [2.05, 4.69) is 39.4 Å². The van der Waals surface area contributed by atoms with Crippen LogP contribution in [0, 0.1) is 0 Å². The van der Waals surface area contributed by atoms with Crippen LogP contribution in [0.3, 0.4) is 0 Å². The molecule has 0 bridgehead atoms. The van der Waals surface area contributed by atoms with Gasteiger partial charge in [-0.05, 0) is 20.9 Å². The minimum atomic E-state index is 0. The summed E-state index contributed by atoms with van der Waals surface area (Å²) in [6.45, 7) is 12.1. The van der Waals surface area contributed by atoms with Crippen molar-refractivity contribution in [1.82, 2.24) is 20.4 Å². The summed E-state index contributed by atoms with van der Waals surface area (Å²) >= 11 is 0. The Morgan fingerprint density at radius 2 is 1.90 bits per heavy atom. The molecular weight excluding hydrogens is 381 g/mol. The Morgan fingerprint density at radius 1 is 1.24 bits per heavy atom. The molecule has 6 nitrogen and oxygen atoms in total. The van der Waals surface area contributed by atoms with E-state index in [1.807, 2.05) is 6.92 Å². The molecule has 1 rings (SSSR count). The molecule has 1 aliphatic heterocycles. The van der Waals surface area contributed by atoms with Crippen molar-refractivity contribution in [2.75, 3.05) is 66.6 Å². The molecule has 1 aliphatic rings. The van der Waals surface area contributed by atoms with E-state index in [0.717, 1.165) is 51.8 Å². The van der Waals surface area contributed by atoms with Crippen LogP contribution in [0.15, 0.2) is 4.99 Å². The van der Waals surface area contributed by atoms with Gasteiger partial charge in [-0.15, -0.1) is 24.0 Å². The zero-order valence-corrected chi connectivity index (χ0v) is 16.2. The molecular formula is C14H32IN5O. The average molecular weight is 413 g/mol. The predicted molar refractivity (Wildman–Crippen MR) is 99.8 cm³/mol. The van der Waals surface area contributed by atoms with Crippen LogP contribution < -0.4 is 10.6 Å². The van der Waals surface area contributed by atoms with E-state index in [9.17, 15) is 0 Å². The number of likely N-dealkylation sites (N-methyl/N-ethyl adjacent to an activating group) is 1. The van der Waals surface area contributed by atoms with Crippen molar-refractivity contribution in [2.24, 2.45) is 4.99 Å². The molecule has 1 heterocycles. The first kappa shape index (κ1) is 20.9. The number of ether oxygens (including phenoxy) is 1. The molecule has 0 spiro atoms. The van der Waals surface area contributed by atoms with Crippen molar-refractivity contribution < 1.29 is 4.74 Å². The monoisotopic (exact) mass is 413 g/mol. The van der Waals surface area contributed by atoms with Crippen molar-refractivity contribution >= 4 is 29.9 Å². The average Bonchev–Trinajstić information content (AvgIpc) is 2.47. The third-order valence-electron chi connectivity index (χ3n) is 3.69. The molecule has 0 saturated carbocycles. The minimum Gasteiger partial charge on any atom is -0.380 e. The summed E-state index contributed by atoms with van der Waals surface area (Å²) in [6, 6.07) is 0.522. The molecule has 0 aromatic carbocycles. The summed E-state index contributed by atoms with van der Waals surface area (Å²) < 4.78 is 5.30. The number of nitrogens with zero attached hydrogens (tertiary/aromatic N) is 3. The number of hydrogen-bond donors (Lipinski definition) is 2. The highest BCUT2D eigenvalue weighted by molar-refractivity contribution is 14.0. The second-order valence-corrected chi connectivity index (χ2v) is 5.27. The topological polar surface area (TPSA) is 52.1 Å². The molecule has 1 saturated heterocycles. The lowest BCUT2D eigenvalue weighted by Crippen LogP contribution is -2.52. The normalized spacial score (nSPS) is 19.0. The fourth-order valence-electron chi connectivity index (χ4n) is 2.24. The number of halogens is 1. The standard InChI is InChI=1S/C14H31N5O.HI/c1-5-20-11-6-16-14(15-3)17-12-13(2)19-9-7-18(4)8-10-19;/h13H,5-12H2,1-4H3,(H2,15,16,17);1H. The van der Waals surface area contributed by atoms with Crippen LogP contribution in [0.5, 0.6) is 0 Å². The van der Waals surface area contributed by atoms with Crippen molar-refractivity contribution in [3.05, 3.63) is 0 Å². The van der Waals surface area contributed by atoms with Gasteiger partial charge in [0, 0.05) is 59.0 Å². The summed E-state index contributed by atoms with van der Waals surface area (Å²) in [5.41, 5.74) is 0. The number of nitrogens with one attached hydrogen (secondary N) is 2. The maximum absolute atomic E-state index is 5.30. The van der Waals surface area contributed by atoms with E-state index in [-0.39, 0.29) is 24.0 Å². The molecule has 0 aliphatic carbocycles. The van der Waals surface area contributed by atoms with E-state index < -0.39 is 0 Å². The second kappa shape index (κ2) is 12.4. The van der Waals surface area contributed by atoms with Crippen LogP contribution in [-0.2, 0) is 4.74 Å². The van der Waals surface area contributed by atoms with E-state index in [1.165, 1.54) is 0 Å². The highest BCUT2D eigenvalue weighted by atomic mass is 127. The zero-order valence-electron chi connectivity index (χ0n) is 13.9. The van der Waals surface area contributed by atoms with Crippen molar-refractivity contribution in [1.29, 1.82) is 0 Å². The molecule has 1 atom stereocenters. The molecule has 1 fully saturated rings. The summed E-state index contributed by atoms with van der Waals surface area (Å²) in [4.78, 5) is 9.14. The summed E-state index contributed by atoms with van der Waals surface area (Å²) in [5, 5.41) is 6.64. The number of aliphatic imine (C=N–C) groups is 1. The fourth-order valence-corrected chi connectivity index (χ4v) is 2.24. The van der Waals surface area contributed by atoms with Crippen LogP contribution in [-0.4, -0.2) is 88.4 Å². The smallest absolute Gasteiger partial charge is 0.191 e. The third-order valence-corrected chi connectivity index (χ3v) is 3.69. The van der Waals surface area contributed by atoms with Gasteiger partial charge in [0.1, 0.15) is 0 Å². The lowest BCUT2D eigenvalue weighted by atomic mass is 10.2. The lowest BCUT2D eigenvalue weighted by Gasteiger charge is -2.36. The van der Waals surface area contributed by atoms with Gasteiger partial charge in [-0.25, -0.2) is 0 Å². The van der Waals surface area contributed by atoms with Crippen LogP contribution in [0.25, 0.3) is 0 Å². The zero-order chi connectivity index (χ0) is 14.8. The molecule has 0 aromatic rings. The Hall–Kier alpha value is -0.120. The molecule has 0 radical (unpaired) electrons. The Morgan fingerprint density at radius 3 is 2.48 bits per heavy atom. The first-order valence-corrected chi connectivity index (χ1v) is 7.62. The van der Waals surface area contributed by atoms with Crippen LogP contribution in [0.1, 0.15) is 13.8 Å². The van der Waals surface area contributed by atoms with Gasteiger partial charge in [0.15, 0.2) is 5.96 Å². The van der Waals surface area contributed by atoms with Gasteiger partial charge >= 0.3 is 0 Å². The van der Waals surface area contributed by atoms with Gasteiger partial charge in [-0.2, -0.15) is 0 Å². The van der Waals surface area contributed by atoms with E-state index in [0.29, 0.717) is 12.6 Å². The molecule has 126 valence electrons. The summed E-state index contributed by atoms with van der Waals surface area (Å²) in [5.74, 6) is 0.852. The van der Waals surface area contributed by atoms with Crippen molar-refractivity contribution in [3.63, 3.8) is 0 Å².